The van der Waals surface area contributed by atoms with Crippen molar-refractivity contribution in [3.63, 3.8) is 0 Å². The number of amides is 1. The zero-order chi connectivity index (χ0) is 13.9. The molecule has 0 heterocycles. The van der Waals surface area contributed by atoms with Gasteiger partial charge in [-0.3, -0.25) is 15.5 Å². The number of rotatable bonds is 2. The lowest BCUT2D eigenvalue weighted by molar-refractivity contribution is -0.274. The van der Waals surface area contributed by atoms with Crippen LogP contribution in [-0.4, -0.2) is 23.3 Å². The number of ether oxygens (including phenoxy) is 1. The Morgan fingerprint density at radius 3 is 2.56 bits per heavy atom. The van der Waals surface area contributed by atoms with Gasteiger partial charge in [-0.2, -0.15) is 0 Å². The molecule has 0 fully saturated rings. The Morgan fingerprint density at radius 2 is 2.06 bits per heavy atom. The molecule has 6 nitrogen and oxygen atoms in total. The van der Waals surface area contributed by atoms with E-state index in [1.807, 2.05) is 5.32 Å². The van der Waals surface area contributed by atoms with Gasteiger partial charge in [0, 0.05) is 0 Å². The molecule has 18 heavy (non-hydrogen) atoms. The van der Waals surface area contributed by atoms with Crippen LogP contribution in [0.3, 0.4) is 0 Å². The molecular formula is C9H8F3N3O3. The molecule has 0 atom stereocenters. The van der Waals surface area contributed by atoms with Crippen LogP contribution in [0.1, 0.15) is 10.4 Å². The molecule has 9 heteroatoms. The zero-order valence-corrected chi connectivity index (χ0v) is 8.71. The predicted octanol–water partition coefficient (Wildman–Crippen LogP) is 0.914. The number of carbonyl (C=O) groups excluding carboxylic acids is 1. The Kier molecular flexibility index (Phi) is 3.64. The van der Waals surface area contributed by atoms with Crippen LogP contribution in [0.4, 0.5) is 13.2 Å². The van der Waals surface area contributed by atoms with Crippen LogP contribution in [0.2, 0.25) is 0 Å². The fraction of sp³-hybridized carbons (Fsp3) is 0.111. The fourth-order valence-corrected chi connectivity index (χ4v) is 1.08. The lowest BCUT2D eigenvalue weighted by Crippen LogP contribution is -2.35. The number of guanidine groups is 1. The maximum Gasteiger partial charge on any atom is 0.573 e. The minimum atomic E-state index is -4.91. The topological polar surface area (TPSA) is 108 Å². The highest BCUT2D eigenvalue weighted by Gasteiger charge is 2.31. The molecule has 5 N–H and O–H groups in total. The van der Waals surface area contributed by atoms with Gasteiger partial charge in [0.2, 0.25) is 0 Å². The number of aromatic hydroxyl groups is 1. The molecule has 0 radical (unpaired) electrons. The summed E-state index contributed by atoms with van der Waals surface area (Å²) in [5.74, 6) is -2.97. The SMILES string of the molecule is N=C(N)NC(=O)c1cc(OC(F)(F)F)ccc1O. The number of phenolic OH excluding ortho intramolecular Hbond substituents is 1. The molecule has 0 aromatic heterocycles. The molecule has 0 unspecified atom stereocenters. The van der Waals surface area contributed by atoms with Gasteiger partial charge in [-0.15, -0.1) is 13.2 Å². The Bertz CT molecular complexity index is 488. The number of alkyl halides is 3. The number of benzene rings is 1. The first-order valence-electron chi connectivity index (χ1n) is 4.43. The molecular weight excluding hydrogens is 255 g/mol. The molecule has 0 saturated heterocycles. The highest BCUT2D eigenvalue weighted by Crippen LogP contribution is 2.27. The number of hydrogen-bond donors (Lipinski definition) is 4. The van der Waals surface area contributed by atoms with Crippen LogP contribution < -0.4 is 15.8 Å². The maximum atomic E-state index is 11.9. The van der Waals surface area contributed by atoms with Gasteiger partial charge in [0.15, 0.2) is 5.96 Å². The number of phenols is 1. The van der Waals surface area contributed by atoms with Crippen molar-refractivity contribution in [3.05, 3.63) is 23.8 Å². The molecule has 0 bridgehead atoms. The summed E-state index contributed by atoms with van der Waals surface area (Å²) in [4.78, 5) is 11.4. The van der Waals surface area contributed by atoms with E-state index in [0.717, 1.165) is 12.1 Å². The molecule has 0 spiro atoms. The smallest absolute Gasteiger partial charge is 0.507 e. The van der Waals surface area contributed by atoms with E-state index in [0.29, 0.717) is 6.07 Å². The van der Waals surface area contributed by atoms with Crippen LogP contribution in [-0.2, 0) is 0 Å². The first kappa shape index (κ1) is 13.6. The van der Waals surface area contributed by atoms with Crippen molar-refractivity contribution >= 4 is 11.9 Å². The third-order valence-corrected chi connectivity index (χ3v) is 1.69. The van der Waals surface area contributed by atoms with Crippen molar-refractivity contribution < 1.29 is 27.8 Å². The standard InChI is InChI=1S/C9H8F3N3O3/c10-9(11,12)18-4-1-2-6(16)5(3-4)7(17)15-8(13)14/h1-3,16H,(H4,13,14,15,17). The van der Waals surface area contributed by atoms with Crippen LogP contribution >= 0.6 is 0 Å². The van der Waals surface area contributed by atoms with Crippen LogP contribution in [0.15, 0.2) is 18.2 Å². The Labute approximate surface area is 98.7 Å². The van der Waals surface area contributed by atoms with E-state index < -0.39 is 35.3 Å². The summed E-state index contributed by atoms with van der Waals surface area (Å²) >= 11 is 0. The number of nitrogens with one attached hydrogen (secondary N) is 2. The molecule has 1 aromatic rings. The van der Waals surface area contributed by atoms with Crippen LogP contribution in [0.5, 0.6) is 11.5 Å². The Balaban J connectivity index is 3.01. The molecule has 0 saturated carbocycles. The first-order chi connectivity index (χ1) is 8.19. The second kappa shape index (κ2) is 4.82. The Hall–Kier alpha value is -2.45. The lowest BCUT2D eigenvalue weighted by atomic mass is 10.2. The first-order valence-corrected chi connectivity index (χ1v) is 4.43. The monoisotopic (exact) mass is 263 g/mol. The van der Waals surface area contributed by atoms with E-state index in [2.05, 4.69) is 4.74 Å². The summed E-state index contributed by atoms with van der Waals surface area (Å²) in [5, 5.41) is 17.9. The van der Waals surface area contributed by atoms with E-state index in [1.165, 1.54) is 0 Å². The molecule has 1 amide bonds. The van der Waals surface area contributed by atoms with Crippen molar-refractivity contribution in [2.75, 3.05) is 0 Å². The number of halogens is 3. The minimum absolute atomic E-state index is 0.494. The summed E-state index contributed by atoms with van der Waals surface area (Å²) in [6.45, 7) is 0. The normalized spacial score (nSPS) is 10.8. The summed E-state index contributed by atoms with van der Waals surface area (Å²) in [6, 6.07) is 2.38. The molecule has 1 rings (SSSR count). The third-order valence-electron chi connectivity index (χ3n) is 1.69. The number of hydrogen-bond acceptors (Lipinski definition) is 4. The van der Waals surface area contributed by atoms with Crippen molar-refractivity contribution in [2.24, 2.45) is 5.73 Å². The van der Waals surface area contributed by atoms with Gasteiger partial charge in [0.05, 0.1) is 5.56 Å². The van der Waals surface area contributed by atoms with Crippen molar-refractivity contribution in [2.45, 2.75) is 6.36 Å². The van der Waals surface area contributed by atoms with Gasteiger partial charge in [0.25, 0.3) is 5.91 Å². The molecule has 0 aliphatic heterocycles. The second-order valence-electron chi connectivity index (χ2n) is 3.09. The van der Waals surface area contributed by atoms with E-state index >= 15 is 0 Å². The highest BCUT2D eigenvalue weighted by molar-refractivity contribution is 6.06. The van der Waals surface area contributed by atoms with Gasteiger partial charge < -0.3 is 15.6 Å². The molecule has 1 aromatic carbocycles. The largest absolute Gasteiger partial charge is 0.573 e. The summed E-state index contributed by atoms with van der Waals surface area (Å²) in [5.41, 5.74) is 4.39. The van der Waals surface area contributed by atoms with Crippen LogP contribution in [0, 0.1) is 5.41 Å². The second-order valence-corrected chi connectivity index (χ2v) is 3.09. The average molecular weight is 263 g/mol. The van der Waals surface area contributed by atoms with E-state index in [1.54, 1.807) is 0 Å². The predicted molar refractivity (Wildman–Crippen MR) is 54.2 cm³/mol. The quantitative estimate of drug-likeness (QED) is 0.469. The summed E-state index contributed by atoms with van der Waals surface area (Å²) < 4.78 is 39.4. The van der Waals surface area contributed by atoms with E-state index in [-0.39, 0.29) is 0 Å². The maximum absolute atomic E-state index is 11.9. The fourth-order valence-electron chi connectivity index (χ4n) is 1.08. The number of carbonyl (C=O) groups is 1. The van der Waals surface area contributed by atoms with Crippen molar-refractivity contribution in [3.8, 4) is 11.5 Å². The molecule has 0 aliphatic carbocycles. The average Bonchev–Trinajstić information content (AvgIpc) is 2.17. The van der Waals surface area contributed by atoms with Crippen molar-refractivity contribution in [1.82, 2.24) is 5.32 Å². The number of nitrogens with two attached hydrogens (primary N) is 1. The Morgan fingerprint density at radius 1 is 1.44 bits per heavy atom. The lowest BCUT2D eigenvalue weighted by Gasteiger charge is -2.11. The van der Waals surface area contributed by atoms with Crippen LogP contribution in [0.25, 0.3) is 0 Å². The van der Waals surface area contributed by atoms with E-state index in [4.69, 9.17) is 11.1 Å². The van der Waals surface area contributed by atoms with Gasteiger partial charge in [-0.25, -0.2) is 0 Å². The summed E-state index contributed by atoms with van der Waals surface area (Å²) in [7, 11) is 0. The van der Waals surface area contributed by atoms with Gasteiger partial charge >= 0.3 is 6.36 Å². The molecule has 98 valence electrons. The van der Waals surface area contributed by atoms with Crippen molar-refractivity contribution in [1.29, 1.82) is 5.41 Å². The minimum Gasteiger partial charge on any atom is -0.507 e. The van der Waals surface area contributed by atoms with E-state index in [9.17, 15) is 23.1 Å². The molecule has 0 aliphatic rings. The summed E-state index contributed by atoms with van der Waals surface area (Å²) in [6.07, 6.45) is -4.91. The third kappa shape index (κ3) is 3.85. The van der Waals surface area contributed by atoms with Gasteiger partial charge in [-0.05, 0) is 18.2 Å². The zero-order valence-electron chi connectivity index (χ0n) is 8.71. The highest BCUT2D eigenvalue weighted by atomic mass is 19.4. The van der Waals surface area contributed by atoms with Gasteiger partial charge in [-0.1, -0.05) is 0 Å². The van der Waals surface area contributed by atoms with Gasteiger partial charge in [0.1, 0.15) is 11.5 Å².